The maximum atomic E-state index is 2.45. The molecule has 5 heteroatoms. The molecular formula is C143H107N5. The summed E-state index contributed by atoms with van der Waals surface area (Å²) in [5, 5.41) is 12.9. The second-order valence-corrected chi connectivity index (χ2v) is 38.3. The van der Waals surface area contributed by atoms with Crippen LogP contribution in [0.15, 0.2) is 558 Å². The van der Waals surface area contributed by atoms with Crippen molar-refractivity contribution in [2.45, 2.75) is 34.6 Å². The normalized spacial score (nSPS) is 11.3. The Bertz CT molecular complexity index is 9690. The third-order valence-corrected chi connectivity index (χ3v) is 29.1. The van der Waals surface area contributed by atoms with Gasteiger partial charge in [-0.25, -0.2) is 0 Å². The molecule has 704 valence electrons. The van der Waals surface area contributed by atoms with Crippen LogP contribution in [0.5, 0.6) is 0 Å². The van der Waals surface area contributed by atoms with Gasteiger partial charge in [0.15, 0.2) is 0 Å². The lowest BCUT2D eigenvalue weighted by molar-refractivity contribution is 1.17. The molecule has 0 bridgehead atoms. The third-order valence-electron chi connectivity index (χ3n) is 29.1. The Hall–Kier alpha value is -18.9. The Balaban J connectivity index is 0.0000000991. The van der Waals surface area contributed by atoms with Crippen LogP contribution in [0.25, 0.3) is 226 Å². The van der Waals surface area contributed by atoms with Crippen LogP contribution in [0.3, 0.4) is 0 Å². The number of rotatable bonds is 13. The van der Waals surface area contributed by atoms with E-state index in [2.05, 4.69) is 616 Å². The van der Waals surface area contributed by atoms with Gasteiger partial charge < -0.3 is 22.8 Å². The number of aryl methyl sites for hydroxylation is 5. The van der Waals surface area contributed by atoms with Crippen molar-refractivity contribution in [1.29, 1.82) is 0 Å². The molecule has 0 atom stereocenters. The summed E-state index contributed by atoms with van der Waals surface area (Å²) in [4.78, 5) is 0. The molecule has 23 aromatic carbocycles. The Morgan fingerprint density at radius 2 is 0.372 bits per heavy atom. The SMILES string of the molecule is Cc1ccc(-c2cccc3c4cccc(-c5ccccc5)c4n(-c4ccccc4)c23)cc1.Cc1cccc(-c2cccc3c4cccc(-c5ccccc5)c4n(-c4ccccc4)c23)c1.Cc1cccc2c1c1cc(-c3ccccc3)ccc1n2-c1ccccc1.Cc1cccc2c3cccc(-c4ccccc4)c3n(-c3ccccc3)c12.Cc1ccccc1-c1cccc2c3cccc(-c4ccccc4)c3n(-c3ccccc3)c12. The summed E-state index contributed by atoms with van der Waals surface area (Å²) < 4.78 is 12.1. The van der Waals surface area contributed by atoms with Crippen molar-refractivity contribution in [3.63, 3.8) is 0 Å². The molecule has 0 aliphatic carbocycles. The first-order valence-electron chi connectivity index (χ1n) is 51.1. The van der Waals surface area contributed by atoms with Crippen LogP contribution in [0.2, 0.25) is 0 Å². The average Bonchev–Trinajstić information content (AvgIpc) is 1.58. The minimum absolute atomic E-state index is 1.18. The highest BCUT2D eigenvalue weighted by Gasteiger charge is 2.26. The highest BCUT2D eigenvalue weighted by atomic mass is 15.0. The van der Waals surface area contributed by atoms with E-state index < -0.39 is 0 Å². The first-order valence-corrected chi connectivity index (χ1v) is 51.1. The second-order valence-electron chi connectivity index (χ2n) is 38.3. The van der Waals surface area contributed by atoms with Gasteiger partial charge in [-0.1, -0.05) is 490 Å². The zero-order chi connectivity index (χ0) is 99.5. The summed E-state index contributed by atoms with van der Waals surface area (Å²) in [6.07, 6.45) is 0. The number of nitrogens with zero attached hydrogens (tertiary/aromatic N) is 5. The minimum Gasteiger partial charge on any atom is -0.309 e. The molecule has 5 heterocycles. The quantitative estimate of drug-likeness (QED) is 0.110. The molecule has 0 N–H and O–H groups in total. The van der Waals surface area contributed by atoms with Gasteiger partial charge in [-0.2, -0.15) is 0 Å². The van der Waals surface area contributed by atoms with Gasteiger partial charge in [-0.05, 0) is 180 Å². The van der Waals surface area contributed by atoms with Crippen molar-refractivity contribution >= 4 is 109 Å². The number of para-hydroxylation sites is 13. The summed E-state index contributed by atoms with van der Waals surface area (Å²) >= 11 is 0. The molecule has 0 amide bonds. The van der Waals surface area contributed by atoms with Crippen LogP contribution in [0, 0.1) is 34.6 Å². The Morgan fingerprint density at radius 1 is 0.122 bits per heavy atom. The summed E-state index contributed by atoms with van der Waals surface area (Å²) in [7, 11) is 0. The van der Waals surface area contributed by atoms with E-state index >= 15 is 0 Å². The van der Waals surface area contributed by atoms with Gasteiger partial charge in [-0.3, -0.25) is 0 Å². The first kappa shape index (κ1) is 91.5. The maximum absolute atomic E-state index is 2.45. The summed E-state index contributed by atoms with van der Waals surface area (Å²) in [6.45, 7) is 10.9. The van der Waals surface area contributed by atoms with Crippen molar-refractivity contribution in [2.24, 2.45) is 0 Å². The highest BCUT2D eigenvalue weighted by Crippen LogP contribution is 2.49. The molecule has 0 fully saturated rings. The molecule has 148 heavy (non-hydrogen) atoms. The summed E-state index contributed by atoms with van der Waals surface area (Å²) in [6, 6.07) is 200. The fourth-order valence-corrected chi connectivity index (χ4v) is 22.4. The highest BCUT2D eigenvalue weighted by molar-refractivity contribution is 6.22. The Morgan fingerprint density at radius 3 is 0.736 bits per heavy atom. The van der Waals surface area contributed by atoms with E-state index in [9.17, 15) is 0 Å². The van der Waals surface area contributed by atoms with Crippen LogP contribution in [-0.2, 0) is 0 Å². The van der Waals surface area contributed by atoms with Crippen LogP contribution in [0.1, 0.15) is 27.8 Å². The van der Waals surface area contributed by atoms with Crippen LogP contribution in [-0.4, -0.2) is 22.8 Å². The van der Waals surface area contributed by atoms with Crippen molar-refractivity contribution in [3.05, 3.63) is 586 Å². The van der Waals surface area contributed by atoms with E-state index in [1.165, 1.54) is 254 Å². The maximum Gasteiger partial charge on any atom is 0.0619 e. The molecule has 0 saturated heterocycles. The minimum atomic E-state index is 1.18. The zero-order valence-electron chi connectivity index (χ0n) is 83.4. The van der Waals surface area contributed by atoms with Crippen LogP contribution < -0.4 is 0 Å². The lowest BCUT2D eigenvalue weighted by Crippen LogP contribution is -1.97. The molecule has 5 nitrogen and oxygen atoms in total. The van der Waals surface area contributed by atoms with Gasteiger partial charge in [0.05, 0.1) is 55.2 Å². The van der Waals surface area contributed by atoms with Crippen molar-refractivity contribution < 1.29 is 0 Å². The Kier molecular flexibility index (Phi) is 25.0. The van der Waals surface area contributed by atoms with Crippen LogP contribution >= 0.6 is 0 Å². The standard InChI is InChI=1S/3C31H23N.2C25H19N/c1-22-11-8-14-24(21-22)27-18-10-20-29-28-19-9-17-26(23-12-4-2-5-13-23)30(28)32(31(27)29)25-15-6-3-7-16-25;1-22-18-20-24(21-19-22)27-15-9-17-29-28-16-8-14-26(23-10-4-2-5-11-23)30(28)32(31(27)29)25-12-6-3-7-13-25;1-22-12-8-9-17-25(22)27-19-11-21-29-28-20-10-18-26(23-13-4-2-5-14-23)30(28)32(31(27)29)24-15-6-3-7-16-24;1-18-10-8-16-22-23-17-9-15-21(19-11-4-2-5-12-19)25(23)26(24(18)22)20-13-6-3-7-14-20;1-18-9-8-14-24-25(18)22-17-20(19-10-4-2-5-11-19)15-16-23(22)26(24)21-12-6-3-7-13-21/h3*2-21H,1H3;2*2-17H,1H3. The van der Waals surface area contributed by atoms with Gasteiger partial charge in [0.2, 0.25) is 0 Å². The lowest BCUT2D eigenvalue weighted by atomic mass is 9.98. The van der Waals surface area contributed by atoms with E-state index in [4.69, 9.17) is 0 Å². The molecule has 0 spiro atoms. The molecule has 0 radical (unpaired) electrons. The lowest BCUT2D eigenvalue weighted by Gasteiger charge is -2.14. The second kappa shape index (κ2) is 40.5. The molecule has 0 aliphatic rings. The predicted molar refractivity (Wildman–Crippen MR) is 631 cm³/mol. The van der Waals surface area contributed by atoms with Gasteiger partial charge in [0.25, 0.3) is 0 Å². The fraction of sp³-hybridized carbons (Fsp3) is 0.0350. The molecule has 0 aliphatic heterocycles. The molecule has 28 aromatic rings. The summed E-state index contributed by atoms with van der Waals surface area (Å²) in [5.74, 6) is 0. The average molecular weight is 1900 g/mol. The molecule has 28 rings (SSSR count). The van der Waals surface area contributed by atoms with E-state index in [0.29, 0.717) is 0 Å². The number of hydrogen-bond donors (Lipinski definition) is 0. The number of benzene rings is 23. The summed E-state index contributed by atoms with van der Waals surface area (Å²) in [5.41, 5.74) is 44.9. The van der Waals surface area contributed by atoms with E-state index in [1.807, 2.05) is 0 Å². The van der Waals surface area contributed by atoms with Crippen molar-refractivity contribution in [1.82, 2.24) is 22.8 Å². The zero-order valence-corrected chi connectivity index (χ0v) is 83.4. The van der Waals surface area contributed by atoms with Crippen LogP contribution in [0.4, 0.5) is 0 Å². The number of aromatic nitrogens is 5. The van der Waals surface area contributed by atoms with Crippen molar-refractivity contribution in [2.75, 3.05) is 0 Å². The Labute approximate surface area is 863 Å². The smallest absolute Gasteiger partial charge is 0.0619 e. The number of fused-ring (bicyclic) bond motifs is 15. The van der Waals surface area contributed by atoms with Gasteiger partial charge in [-0.15, -0.1) is 0 Å². The molecule has 5 aromatic heterocycles. The number of hydrogen-bond acceptors (Lipinski definition) is 0. The fourth-order valence-electron chi connectivity index (χ4n) is 22.4. The topological polar surface area (TPSA) is 24.6 Å². The van der Waals surface area contributed by atoms with Crippen molar-refractivity contribution in [3.8, 4) is 117 Å². The molecular weight excluding hydrogens is 1790 g/mol. The van der Waals surface area contributed by atoms with E-state index in [1.54, 1.807) is 0 Å². The molecule has 0 saturated carbocycles. The van der Waals surface area contributed by atoms with Gasteiger partial charge in [0, 0.05) is 121 Å². The van der Waals surface area contributed by atoms with E-state index in [-0.39, 0.29) is 0 Å². The predicted octanol–water partition coefficient (Wildman–Crippen LogP) is 38.8. The third kappa shape index (κ3) is 17.2. The largest absolute Gasteiger partial charge is 0.309 e. The molecule has 0 unspecified atom stereocenters. The monoisotopic (exact) mass is 1890 g/mol. The first-order chi connectivity index (χ1) is 73.1. The van der Waals surface area contributed by atoms with E-state index in [0.717, 1.165) is 0 Å². The van der Waals surface area contributed by atoms with Gasteiger partial charge in [0.1, 0.15) is 0 Å². The van der Waals surface area contributed by atoms with Gasteiger partial charge >= 0.3 is 0 Å².